The molecule has 23 heavy (non-hydrogen) atoms. The Labute approximate surface area is 137 Å². The number of aromatic amines is 2. The molecule has 1 heterocycles. The van der Waals surface area contributed by atoms with Crippen LogP contribution in [0.2, 0.25) is 5.02 Å². The third kappa shape index (κ3) is 2.73. The van der Waals surface area contributed by atoms with Crippen molar-refractivity contribution in [2.45, 2.75) is 11.8 Å². The Kier molecular flexibility index (Phi) is 3.91. The molecule has 8 heteroatoms. The Morgan fingerprint density at radius 2 is 1.70 bits per heavy atom. The molecule has 1 aromatic heterocycles. The van der Waals surface area contributed by atoms with Crippen molar-refractivity contribution in [1.82, 2.24) is 9.97 Å². The number of imidazole rings is 1. The summed E-state index contributed by atoms with van der Waals surface area (Å²) in [7, 11) is -3.85. The van der Waals surface area contributed by atoms with Crippen LogP contribution in [0.3, 0.4) is 0 Å². The van der Waals surface area contributed by atoms with Gasteiger partial charge in [-0.2, -0.15) is 0 Å². The van der Waals surface area contributed by atoms with Crippen LogP contribution in [0.15, 0.2) is 52.2 Å². The second kappa shape index (κ2) is 5.75. The lowest BCUT2D eigenvalue weighted by molar-refractivity contribution is 0.592. The van der Waals surface area contributed by atoms with Gasteiger partial charge in [-0.3, -0.25) is 4.31 Å². The van der Waals surface area contributed by atoms with E-state index >= 15 is 0 Å². The van der Waals surface area contributed by atoms with Crippen LogP contribution in [0.4, 0.5) is 5.69 Å². The van der Waals surface area contributed by atoms with E-state index in [-0.39, 0.29) is 16.5 Å². The van der Waals surface area contributed by atoms with Crippen LogP contribution in [0.25, 0.3) is 11.0 Å². The van der Waals surface area contributed by atoms with Crippen molar-refractivity contribution in [2.75, 3.05) is 10.8 Å². The van der Waals surface area contributed by atoms with E-state index in [0.29, 0.717) is 16.7 Å². The minimum atomic E-state index is -3.85. The van der Waals surface area contributed by atoms with Gasteiger partial charge in [0.1, 0.15) is 4.90 Å². The van der Waals surface area contributed by atoms with Crippen LogP contribution in [0, 0.1) is 0 Å². The zero-order valence-corrected chi connectivity index (χ0v) is 13.8. The van der Waals surface area contributed by atoms with Crippen molar-refractivity contribution in [3.8, 4) is 0 Å². The number of para-hydroxylation sites is 1. The smallest absolute Gasteiger partial charge is 0.306 e. The lowest BCUT2D eigenvalue weighted by Crippen LogP contribution is -2.30. The average Bonchev–Trinajstić information content (AvgIpc) is 2.87. The molecule has 3 rings (SSSR count). The number of aromatic nitrogens is 2. The van der Waals surface area contributed by atoms with E-state index in [1.165, 1.54) is 16.4 Å². The van der Waals surface area contributed by atoms with Gasteiger partial charge in [0.25, 0.3) is 10.0 Å². The number of benzene rings is 2. The molecule has 2 aromatic carbocycles. The summed E-state index contributed by atoms with van der Waals surface area (Å²) in [4.78, 5) is 16.4. The minimum Gasteiger partial charge on any atom is -0.306 e. The van der Waals surface area contributed by atoms with E-state index in [1.54, 1.807) is 31.2 Å². The van der Waals surface area contributed by atoms with E-state index in [0.717, 1.165) is 0 Å². The first-order valence-electron chi connectivity index (χ1n) is 6.93. The number of fused-ring (bicyclic) bond motifs is 1. The van der Waals surface area contributed by atoms with Crippen molar-refractivity contribution in [3.63, 3.8) is 0 Å². The molecule has 120 valence electrons. The highest BCUT2D eigenvalue weighted by molar-refractivity contribution is 7.93. The summed E-state index contributed by atoms with van der Waals surface area (Å²) in [5.41, 5.74) is 0.985. The summed E-state index contributed by atoms with van der Waals surface area (Å²) < 4.78 is 27.2. The molecule has 6 nitrogen and oxygen atoms in total. The van der Waals surface area contributed by atoms with Gasteiger partial charge in [-0.25, -0.2) is 13.2 Å². The van der Waals surface area contributed by atoms with Gasteiger partial charge >= 0.3 is 5.69 Å². The molecule has 0 spiro atoms. The molecule has 0 unspecified atom stereocenters. The van der Waals surface area contributed by atoms with E-state index in [9.17, 15) is 13.2 Å². The number of rotatable bonds is 4. The largest absolute Gasteiger partial charge is 0.323 e. The molecular formula is C15H14ClN3O3S. The topological polar surface area (TPSA) is 86.0 Å². The zero-order chi connectivity index (χ0) is 16.6. The maximum Gasteiger partial charge on any atom is 0.323 e. The van der Waals surface area contributed by atoms with Crippen LogP contribution in [0.1, 0.15) is 6.92 Å². The number of hydrogen-bond acceptors (Lipinski definition) is 3. The fraction of sp³-hybridized carbons (Fsp3) is 0.133. The Bertz CT molecular complexity index is 1010. The van der Waals surface area contributed by atoms with Gasteiger partial charge in [-0.1, -0.05) is 29.8 Å². The average molecular weight is 352 g/mol. The van der Waals surface area contributed by atoms with E-state index in [4.69, 9.17) is 11.6 Å². The van der Waals surface area contributed by atoms with Crippen LogP contribution in [0.5, 0.6) is 0 Å². The van der Waals surface area contributed by atoms with Gasteiger partial charge in [0.2, 0.25) is 0 Å². The first-order chi connectivity index (χ1) is 10.9. The number of hydrogen-bond donors (Lipinski definition) is 2. The SMILES string of the molecule is CCN(c1ccccc1)S(=O)(=O)c1cc2[nH]c(=O)[nH]c2cc1Cl. The lowest BCUT2D eigenvalue weighted by atomic mass is 10.3. The van der Waals surface area contributed by atoms with Gasteiger partial charge < -0.3 is 9.97 Å². The number of sulfonamides is 1. The molecule has 0 aliphatic heterocycles. The van der Waals surface area contributed by atoms with Crippen LogP contribution < -0.4 is 9.99 Å². The number of nitrogens with one attached hydrogen (secondary N) is 2. The van der Waals surface area contributed by atoms with Gasteiger partial charge in [0, 0.05) is 6.54 Å². The molecule has 0 atom stereocenters. The number of anilines is 1. The predicted molar refractivity (Wildman–Crippen MR) is 90.6 cm³/mol. The normalized spacial score (nSPS) is 11.7. The molecular weight excluding hydrogens is 338 g/mol. The second-order valence-electron chi connectivity index (χ2n) is 4.91. The van der Waals surface area contributed by atoms with Crippen molar-refractivity contribution in [2.24, 2.45) is 0 Å². The number of H-pyrrole nitrogens is 2. The summed E-state index contributed by atoms with van der Waals surface area (Å²) in [6, 6.07) is 11.6. The fourth-order valence-electron chi connectivity index (χ4n) is 2.44. The molecule has 3 aromatic rings. The van der Waals surface area contributed by atoms with Gasteiger partial charge in [-0.05, 0) is 31.2 Å². The first kappa shape index (κ1) is 15.6. The van der Waals surface area contributed by atoms with Crippen LogP contribution in [-0.2, 0) is 10.0 Å². The summed E-state index contributed by atoms with van der Waals surface area (Å²) in [5, 5.41) is 0.0575. The third-order valence-electron chi connectivity index (χ3n) is 3.47. The lowest BCUT2D eigenvalue weighted by Gasteiger charge is -2.23. The molecule has 0 aliphatic rings. The molecule has 0 radical (unpaired) electrons. The summed E-state index contributed by atoms with van der Waals surface area (Å²) in [6.07, 6.45) is 0. The molecule has 0 saturated carbocycles. The minimum absolute atomic E-state index is 0.0485. The number of nitrogens with zero attached hydrogens (tertiary/aromatic N) is 1. The Morgan fingerprint density at radius 1 is 1.09 bits per heavy atom. The highest BCUT2D eigenvalue weighted by Crippen LogP contribution is 2.30. The molecule has 0 bridgehead atoms. The van der Waals surface area contributed by atoms with E-state index < -0.39 is 15.7 Å². The molecule has 0 amide bonds. The molecule has 0 saturated heterocycles. The van der Waals surface area contributed by atoms with Crippen LogP contribution in [-0.4, -0.2) is 24.9 Å². The van der Waals surface area contributed by atoms with Crippen LogP contribution >= 0.6 is 11.6 Å². The van der Waals surface area contributed by atoms with Gasteiger partial charge in [0.05, 0.1) is 21.7 Å². The maximum absolute atomic E-state index is 13.0. The Balaban J connectivity index is 2.18. The molecule has 2 N–H and O–H groups in total. The van der Waals surface area contributed by atoms with Crippen molar-refractivity contribution >= 4 is 38.3 Å². The van der Waals surface area contributed by atoms with Crippen molar-refractivity contribution < 1.29 is 8.42 Å². The summed E-state index contributed by atoms with van der Waals surface area (Å²) in [6.45, 7) is 2.00. The zero-order valence-electron chi connectivity index (χ0n) is 12.2. The molecule has 0 aliphatic carbocycles. The quantitative estimate of drug-likeness (QED) is 0.757. The Hall–Kier alpha value is -2.25. The first-order valence-corrected chi connectivity index (χ1v) is 8.74. The summed E-state index contributed by atoms with van der Waals surface area (Å²) >= 11 is 6.14. The third-order valence-corrected chi connectivity index (χ3v) is 5.84. The summed E-state index contributed by atoms with van der Waals surface area (Å²) in [5.74, 6) is 0. The monoisotopic (exact) mass is 351 g/mol. The predicted octanol–water partition coefficient (Wildman–Crippen LogP) is 2.72. The Morgan fingerprint density at radius 3 is 2.30 bits per heavy atom. The highest BCUT2D eigenvalue weighted by Gasteiger charge is 2.26. The molecule has 0 fully saturated rings. The van der Waals surface area contributed by atoms with Gasteiger partial charge in [-0.15, -0.1) is 0 Å². The number of halogens is 1. The van der Waals surface area contributed by atoms with E-state index in [1.807, 2.05) is 6.07 Å². The van der Waals surface area contributed by atoms with Crippen molar-refractivity contribution in [3.05, 3.63) is 58.0 Å². The fourth-order valence-corrected chi connectivity index (χ4v) is 4.44. The standard InChI is InChI=1S/C15H14ClN3O3S/c1-2-19(10-6-4-3-5-7-10)23(21,22)14-9-13-12(8-11(14)16)17-15(20)18-13/h3-9H,2H2,1H3,(H2,17,18,20). The second-order valence-corrected chi connectivity index (χ2v) is 7.15. The highest BCUT2D eigenvalue weighted by atomic mass is 35.5. The van der Waals surface area contributed by atoms with E-state index in [2.05, 4.69) is 9.97 Å². The maximum atomic E-state index is 13.0. The van der Waals surface area contributed by atoms with Gasteiger partial charge in [0.15, 0.2) is 0 Å². The van der Waals surface area contributed by atoms with Crippen molar-refractivity contribution in [1.29, 1.82) is 0 Å².